The zero-order valence-corrected chi connectivity index (χ0v) is 21.4. The molecule has 2 aliphatic heterocycles. The summed E-state index contributed by atoms with van der Waals surface area (Å²) >= 11 is 0. The van der Waals surface area contributed by atoms with E-state index in [4.69, 9.17) is 10.1 Å². The van der Waals surface area contributed by atoms with Crippen molar-refractivity contribution in [2.45, 2.75) is 24.8 Å². The van der Waals surface area contributed by atoms with Gasteiger partial charge in [0.05, 0.1) is 17.9 Å². The number of hydrogen-bond donors (Lipinski definition) is 2. The van der Waals surface area contributed by atoms with Crippen molar-refractivity contribution in [1.29, 1.82) is 0 Å². The number of H-pyrrole nitrogens is 1. The van der Waals surface area contributed by atoms with Crippen LogP contribution in [0.2, 0.25) is 0 Å². The van der Waals surface area contributed by atoms with Crippen LogP contribution in [0.4, 0.5) is 16.0 Å². The predicted molar refractivity (Wildman–Crippen MR) is 146 cm³/mol. The Labute approximate surface area is 224 Å². The van der Waals surface area contributed by atoms with Gasteiger partial charge in [0.25, 0.3) is 0 Å². The van der Waals surface area contributed by atoms with Crippen LogP contribution in [-0.2, 0) is 0 Å². The summed E-state index contributed by atoms with van der Waals surface area (Å²) in [6.07, 6.45) is 5.40. The highest BCUT2D eigenvalue weighted by atomic mass is 19.1. The second-order valence-corrected chi connectivity index (χ2v) is 10.1. The van der Waals surface area contributed by atoms with Crippen LogP contribution in [0.3, 0.4) is 0 Å². The van der Waals surface area contributed by atoms with Crippen LogP contribution in [0.15, 0.2) is 67.1 Å². The molecule has 1 atom stereocenters. The first-order valence-electron chi connectivity index (χ1n) is 13.4. The minimum atomic E-state index is -0.230. The lowest BCUT2D eigenvalue weighted by Gasteiger charge is -2.37. The maximum atomic E-state index is 14.0. The van der Waals surface area contributed by atoms with Gasteiger partial charge in [-0.3, -0.25) is 5.10 Å². The lowest BCUT2D eigenvalue weighted by atomic mass is 9.96. The van der Waals surface area contributed by atoms with E-state index in [1.165, 1.54) is 6.07 Å². The van der Waals surface area contributed by atoms with Gasteiger partial charge in [-0.05, 0) is 54.8 Å². The van der Waals surface area contributed by atoms with E-state index in [1.807, 2.05) is 41.0 Å². The van der Waals surface area contributed by atoms with Gasteiger partial charge < -0.3 is 15.1 Å². The molecule has 0 spiro atoms. The zero-order chi connectivity index (χ0) is 26.2. The molecule has 2 aliphatic rings. The highest BCUT2D eigenvalue weighted by Gasteiger charge is 2.27. The van der Waals surface area contributed by atoms with Crippen molar-refractivity contribution in [3.05, 3.63) is 84.3 Å². The van der Waals surface area contributed by atoms with Crippen LogP contribution >= 0.6 is 0 Å². The maximum absolute atomic E-state index is 14.0. The largest absolute Gasteiger partial charge is 0.357 e. The van der Waals surface area contributed by atoms with Crippen molar-refractivity contribution in [2.75, 3.05) is 42.5 Å². The Morgan fingerprint density at radius 3 is 2.67 bits per heavy atom. The molecule has 0 radical (unpaired) electrons. The standard InChI is InChI=1S/C28H29FN10/c29-21-4-1-3-20(15-21)23-16-30-11-14-38(23)27-8-7-25-31-17-24(39(25)36-27)22-5-2-6-26(34-22)37-12-9-19(10-13-37)28-32-18-33-35-28/h1-8,15,17-19,23,30H,9-14,16H2,(H,32,33,35). The number of piperidine rings is 1. The molecule has 11 heteroatoms. The molecular weight excluding hydrogens is 495 g/mol. The number of pyridine rings is 1. The summed E-state index contributed by atoms with van der Waals surface area (Å²) in [5.41, 5.74) is 3.34. The molecule has 0 amide bonds. The maximum Gasteiger partial charge on any atom is 0.154 e. The van der Waals surface area contributed by atoms with Crippen molar-refractivity contribution < 1.29 is 4.39 Å². The van der Waals surface area contributed by atoms with Crippen molar-refractivity contribution >= 4 is 17.3 Å². The number of imidazole rings is 1. The third-order valence-electron chi connectivity index (χ3n) is 7.76. The van der Waals surface area contributed by atoms with E-state index in [0.717, 1.165) is 85.6 Å². The Balaban J connectivity index is 1.17. The van der Waals surface area contributed by atoms with Crippen LogP contribution in [0.5, 0.6) is 0 Å². The number of piperazine rings is 1. The second-order valence-electron chi connectivity index (χ2n) is 10.1. The molecule has 1 aromatic carbocycles. The minimum absolute atomic E-state index is 0.0206. The molecule has 5 aromatic rings. The van der Waals surface area contributed by atoms with Crippen LogP contribution in [-0.4, -0.2) is 67.5 Å². The average Bonchev–Trinajstić information content (AvgIpc) is 3.68. The van der Waals surface area contributed by atoms with E-state index >= 15 is 0 Å². The number of nitrogens with zero attached hydrogens (tertiary/aromatic N) is 8. The number of anilines is 2. The van der Waals surface area contributed by atoms with E-state index in [0.29, 0.717) is 5.92 Å². The number of rotatable bonds is 5. The molecule has 198 valence electrons. The van der Waals surface area contributed by atoms with Crippen LogP contribution in [0, 0.1) is 5.82 Å². The first-order valence-corrected chi connectivity index (χ1v) is 13.4. The van der Waals surface area contributed by atoms with Gasteiger partial charge in [0.1, 0.15) is 35.3 Å². The summed E-state index contributed by atoms with van der Waals surface area (Å²) in [6, 6.07) is 16.9. The molecule has 1 unspecified atom stereocenters. The molecule has 6 heterocycles. The smallest absolute Gasteiger partial charge is 0.154 e. The molecule has 2 N–H and O–H groups in total. The van der Waals surface area contributed by atoms with E-state index in [-0.39, 0.29) is 11.9 Å². The monoisotopic (exact) mass is 524 g/mol. The number of nitrogens with one attached hydrogen (secondary N) is 2. The zero-order valence-electron chi connectivity index (χ0n) is 21.4. The third kappa shape index (κ3) is 4.59. The van der Waals surface area contributed by atoms with E-state index in [1.54, 1.807) is 18.5 Å². The summed E-state index contributed by atoms with van der Waals surface area (Å²) in [6.45, 7) is 4.13. The summed E-state index contributed by atoms with van der Waals surface area (Å²) in [4.78, 5) is 18.5. The van der Waals surface area contributed by atoms with Gasteiger partial charge in [-0.15, -0.1) is 5.10 Å². The predicted octanol–water partition coefficient (Wildman–Crippen LogP) is 3.58. The van der Waals surface area contributed by atoms with Gasteiger partial charge in [0, 0.05) is 38.6 Å². The topological polar surface area (TPSA) is 103 Å². The first-order chi connectivity index (χ1) is 19.2. The van der Waals surface area contributed by atoms with Crippen LogP contribution in [0.25, 0.3) is 17.0 Å². The first kappa shape index (κ1) is 23.7. The molecule has 2 saturated heterocycles. The number of halogens is 1. The number of hydrogen-bond acceptors (Lipinski definition) is 8. The quantitative estimate of drug-likeness (QED) is 0.360. The molecular formula is C28H29FN10. The fraction of sp³-hybridized carbons (Fsp3) is 0.321. The molecule has 10 nitrogen and oxygen atoms in total. The van der Waals surface area contributed by atoms with E-state index in [9.17, 15) is 4.39 Å². The van der Waals surface area contributed by atoms with Gasteiger partial charge >= 0.3 is 0 Å². The van der Waals surface area contributed by atoms with Crippen molar-refractivity contribution in [3.63, 3.8) is 0 Å². The molecule has 7 rings (SSSR count). The van der Waals surface area contributed by atoms with Crippen molar-refractivity contribution in [1.82, 2.24) is 40.1 Å². The van der Waals surface area contributed by atoms with Gasteiger partial charge in [0.2, 0.25) is 0 Å². The van der Waals surface area contributed by atoms with Gasteiger partial charge in [-0.1, -0.05) is 18.2 Å². The summed E-state index contributed by atoms with van der Waals surface area (Å²) in [7, 11) is 0. The van der Waals surface area contributed by atoms with Gasteiger partial charge in [-0.2, -0.15) is 5.10 Å². The fourth-order valence-electron chi connectivity index (χ4n) is 5.72. The average molecular weight is 525 g/mol. The third-order valence-corrected chi connectivity index (χ3v) is 7.76. The minimum Gasteiger partial charge on any atom is -0.357 e. The highest BCUT2D eigenvalue weighted by Crippen LogP contribution is 2.31. The molecule has 4 aromatic heterocycles. The summed E-state index contributed by atoms with van der Waals surface area (Å²) in [5, 5.41) is 15.5. The molecule has 0 bridgehead atoms. The Kier molecular flexibility index (Phi) is 6.12. The molecule has 39 heavy (non-hydrogen) atoms. The lowest BCUT2D eigenvalue weighted by molar-refractivity contribution is 0.482. The van der Waals surface area contributed by atoms with Gasteiger partial charge in [0.15, 0.2) is 5.65 Å². The molecule has 0 saturated carbocycles. The van der Waals surface area contributed by atoms with Crippen LogP contribution < -0.4 is 15.1 Å². The number of fused-ring (bicyclic) bond motifs is 1. The lowest BCUT2D eigenvalue weighted by Crippen LogP contribution is -2.46. The van der Waals surface area contributed by atoms with E-state index < -0.39 is 0 Å². The van der Waals surface area contributed by atoms with Crippen molar-refractivity contribution in [2.24, 2.45) is 0 Å². The molecule has 0 aliphatic carbocycles. The Morgan fingerprint density at radius 2 is 1.82 bits per heavy atom. The Bertz CT molecular complexity index is 1570. The SMILES string of the molecule is Fc1cccc(C2CNCCN2c2ccc3ncc(-c4cccc(N5CCC(c6ncn[nH]6)CC5)n4)n3n2)c1. The summed E-state index contributed by atoms with van der Waals surface area (Å²) in [5.74, 6) is 2.90. The van der Waals surface area contributed by atoms with E-state index in [2.05, 4.69) is 41.3 Å². The molecule has 2 fully saturated rings. The number of aromatic nitrogens is 7. The highest BCUT2D eigenvalue weighted by molar-refractivity contribution is 5.62. The number of aromatic amines is 1. The van der Waals surface area contributed by atoms with Gasteiger partial charge in [-0.25, -0.2) is 23.9 Å². The number of benzene rings is 1. The second kappa shape index (κ2) is 10.1. The summed E-state index contributed by atoms with van der Waals surface area (Å²) < 4.78 is 15.9. The fourth-order valence-corrected chi connectivity index (χ4v) is 5.72. The Morgan fingerprint density at radius 1 is 0.923 bits per heavy atom. The van der Waals surface area contributed by atoms with Crippen molar-refractivity contribution in [3.8, 4) is 11.4 Å². The normalized spacial score (nSPS) is 18.6. The Hall–Kier alpha value is -4.38. The van der Waals surface area contributed by atoms with Crippen LogP contribution in [0.1, 0.15) is 36.2 Å².